The van der Waals surface area contributed by atoms with Gasteiger partial charge in [0.1, 0.15) is 11.2 Å². The normalized spacial score (nSPS) is 18.3. The molecule has 1 aromatic heterocycles. The van der Waals surface area contributed by atoms with E-state index in [4.69, 9.17) is 0 Å². The monoisotopic (exact) mass is 205 g/mol. The van der Waals surface area contributed by atoms with Crippen molar-refractivity contribution in [1.82, 2.24) is 4.98 Å². The number of hydrogen-bond acceptors (Lipinski definition) is 3. The van der Waals surface area contributed by atoms with E-state index in [0.717, 1.165) is 5.56 Å². The highest BCUT2D eigenvalue weighted by Gasteiger charge is 2.52. The second-order valence-corrected chi connectivity index (χ2v) is 3.97. The Labute approximate surface area is 87.0 Å². The van der Waals surface area contributed by atoms with Crippen molar-refractivity contribution in [2.75, 3.05) is 0 Å². The maximum atomic E-state index is 11.2. The molecule has 4 nitrogen and oxygen atoms in total. The van der Waals surface area contributed by atoms with Crippen LogP contribution in [0.25, 0.3) is 0 Å². The predicted molar refractivity (Wildman–Crippen MR) is 52.5 cm³/mol. The van der Waals surface area contributed by atoms with Crippen LogP contribution in [0.3, 0.4) is 0 Å². The molecule has 0 aromatic carbocycles. The van der Waals surface area contributed by atoms with Crippen molar-refractivity contribution in [3.05, 3.63) is 29.6 Å². The molecule has 1 aromatic rings. The third kappa shape index (κ3) is 1.33. The van der Waals surface area contributed by atoms with E-state index < -0.39 is 11.4 Å². The Hall–Kier alpha value is -1.71. The van der Waals surface area contributed by atoms with Crippen molar-refractivity contribution in [2.45, 2.75) is 25.2 Å². The van der Waals surface area contributed by atoms with Crippen LogP contribution >= 0.6 is 0 Å². The first-order valence-electron chi connectivity index (χ1n) is 4.72. The number of aliphatic carboxylic acids is 1. The summed E-state index contributed by atoms with van der Waals surface area (Å²) in [6.45, 7) is 1.82. The largest absolute Gasteiger partial charge is 0.481 e. The molecule has 0 aliphatic heterocycles. The molecular weight excluding hydrogens is 194 g/mol. The summed E-state index contributed by atoms with van der Waals surface area (Å²) in [5.74, 6) is -0.912. The first-order valence-corrected chi connectivity index (χ1v) is 4.72. The van der Waals surface area contributed by atoms with Crippen molar-refractivity contribution in [2.24, 2.45) is 0 Å². The van der Waals surface area contributed by atoms with Crippen LogP contribution in [0.1, 0.15) is 24.0 Å². The number of Topliss-reactive ketones (excluding diaryl/α,β-unsaturated/α-hetero) is 1. The summed E-state index contributed by atoms with van der Waals surface area (Å²) in [4.78, 5) is 26.2. The van der Waals surface area contributed by atoms with Crippen molar-refractivity contribution >= 4 is 11.8 Å². The number of carbonyl (C=O) groups excluding carboxylic acids is 1. The summed E-state index contributed by atoms with van der Waals surface area (Å²) in [6.07, 6.45) is 3.40. The average molecular weight is 205 g/mol. The minimum atomic E-state index is -0.996. The fourth-order valence-corrected chi connectivity index (χ4v) is 2.09. The van der Waals surface area contributed by atoms with Gasteiger partial charge in [-0.05, 0) is 24.1 Å². The average Bonchev–Trinajstić information content (AvgIpc) is 2.13. The maximum absolute atomic E-state index is 11.2. The van der Waals surface area contributed by atoms with Crippen LogP contribution in [0, 0.1) is 6.92 Å². The fraction of sp³-hybridized carbons (Fsp3) is 0.364. The highest BCUT2D eigenvalue weighted by molar-refractivity contribution is 6.01. The van der Waals surface area contributed by atoms with Crippen LogP contribution in [0.4, 0.5) is 0 Å². The number of nitrogens with zero attached hydrogens (tertiary/aromatic N) is 1. The van der Waals surface area contributed by atoms with Crippen molar-refractivity contribution in [1.29, 1.82) is 0 Å². The van der Waals surface area contributed by atoms with Crippen LogP contribution in [-0.2, 0) is 15.0 Å². The molecule has 0 radical (unpaired) electrons. The Morgan fingerprint density at radius 2 is 2.20 bits per heavy atom. The molecular formula is C11H11NO3. The minimum absolute atomic E-state index is 0.00797. The number of carboxylic acid groups (broad SMARTS) is 1. The number of hydrogen-bond donors (Lipinski definition) is 1. The summed E-state index contributed by atoms with van der Waals surface area (Å²) < 4.78 is 0. The third-order valence-electron chi connectivity index (χ3n) is 2.94. The van der Waals surface area contributed by atoms with Gasteiger partial charge in [0.05, 0.1) is 0 Å². The molecule has 0 spiro atoms. The molecule has 1 aliphatic rings. The topological polar surface area (TPSA) is 67.3 Å². The van der Waals surface area contributed by atoms with Crippen LogP contribution in [0.5, 0.6) is 0 Å². The Kier molecular flexibility index (Phi) is 2.07. The number of ketones is 1. The minimum Gasteiger partial charge on any atom is -0.481 e. The second kappa shape index (κ2) is 3.15. The summed E-state index contributed by atoms with van der Waals surface area (Å²) in [6, 6.07) is 1.69. The number of aryl methyl sites for hydroxylation is 1. The zero-order valence-corrected chi connectivity index (χ0v) is 8.36. The SMILES string of the molecule is Cc1cnccc1C1(C(=O)O)CC(=O)C1. The molecule has 4 heteroatoms. The van der Waals surface area contributed by atoms with Crippen LogP contribution in [0.15, 0.2) is 18.5 Å². The number of rotatable bonds is 2. The highest BCUT2D eigenvalue weighted by atomic mass is 16.4. The number of carboxylic acids is 1. The maximum Gasteiger partial charge on any atom is 0.315 e. The number of pyridine rings is 1. The van der Waals surface area contributed by atoms with E-state index >= 15 is 0 Å². The molecule has 0 saturated heterocycles. The smallest absolute Gasteiger partial charge is 0.315 e. The molecule has 0 atom stereocenters. The predicted octanol–water partition coefficient (Wildman–Crippen LogP) is 1.08. The van der Waals surface area contributed by atoms with Crippen molar-refractivity contribution in [3.8, 4) is 0 Å². The molecule has 1 heterocycles. The van der Waals surface area contributed by atoms with Gasteiger partial charge in [0, 0.05) is 25.2 Å². The fourth-order valence-electron chi connectivity index (χ4n) is 2.09. The Bertz CT molecular complexity index is 431. The van der Waals surface area contributed by atoms with E-state index in [0.29, 0.717) is 5.56 Å². The van der Waals surface area contributed by atoms with Gasteiger partial charge in [-0.3, -0.25) is 14.6 Å². The molecule has 15 heavy (non-hydrogen) atoms. The van der Waals surface area contributed by atoms with Crippen molar-refractivity contribution in [3.63, 3.8) is 0 Å². The lowest BCUT2D eigenvalue weighted by Crippen LogP contribution is -2.48. The van der Waals surface area contributed by atoms with Gasteiger partial charge < -0.3 is 5.11 Å². The van der Waals surface area contributed by atoms with Gasteiger partial charge in [0.2, 0.25) is 0 Å². The van der Waals surface area contributed by atoms with Gasteiger partial charge in [0.25, 0.3) is 0 Å². The molecule has 1 saturated carbocycles. The molecule has 2 rings (SSSR count). The Morgan fingerprint density at radius 3 is 2.67 bits per heavy atom. The molecule has 1 aliphatic carbocycles. The van der Waals surface area contributed by atoms with Crippen LogP contribution in [0.2, 0.25) is 0 Å². The molecule has 0 amide bonds. The molecule has 78 valence electrons. The summed E-state index contributed by atoms with van der Waals surface area (Å²) in [5.41, 5.74) is 0.543. The Morgan fingerprint density at radius 1 is 1.53 bits per heavy atom. The van der Waals surface area contributed by atoms with Gasteiger partial charge in [-0.15, -0.1) is 0 Å². The first-order chi connectivity index (χ1) is 7.06. The zero-order chi connectivity index (χ0) is 11.1. The van der Waals surface area contributed by atoms with Crippen LogP contribution in [-0.4, -0.2) is 21.8 Å². The van der Waals surface area contributed by atoms with E-state index in [1.165, 1.54) is 0 Å². The molecule has 0 bridgehead atoms. The lowest BCUT2D eigenvalue weighted by molar-refractivity contribution is -0.153. The second-order valence-electron chi connectivity index (χ2n) is 3.97. The van der Waals surface area contributed by atoms with Crippen LogP contribution < -0.4 is 0 Å². The molecule has 0 unspecified atom stereocenters. The molecule has 1 N–H and O–H groups in total. The first kappa shape index (κ1) is 9.83. The molecule has 1 fully saturated rings. The third-order valence-corrected chi connectivity index (χ3v) is 2.94. The van der Waals surface area contributed by atoms with Crippen molar-refractivity contribution < 1.29 is 14.7 Å². The number of aromatic nitrogens is 1. The lowest BCUT2D eigenvalue weighted by atomic mass is 9.63. The summed E-state index contributed by atoms with van der Waals surface area (Å²) in [5, 5.41) is 9.21. The van der Waals surface area contributed by atoms with E-state index in [1.807, 2.05) is 6.92 Å². The lowest BCUT2D eigenvalue weighted by Gasteiger charge is -2.37. The van der Waals surface area contributed by atoms with E-state index in [1.54, 1.807) is 18.5 Å². The van der Waals surface area contributed by atoms with Gasteiger partial charge in [0.15, 0.2) is 0 Å². The number of carbonyl (C=O) groups is 2. The van der Waals surface area contributed by atoms with E-state index in [9.17, 15) is 14.7 Å². The van der Waals surface area contributed by atoms with Gasteiger partial charge in [-0.1, -0.05) is 0 Å². The van der Waals surface area contributed by atoms with E-state index in [2.05, 4.69) is 4.98 Å². The van der Waals surface area contributed by atoms with E-state index in [-0.39, 0.29) is 18.6 Å². The van der Waals surface area contributed by atoms with Gasteiger partial charge in [-0.25, -0.2) is 0 Å². The van der Waals surface area contributed by atoms with Gasteiger partial charge in [-0.2, -0.15) is 0 Å². The quantitative estimate of drug-likeness (QED) is 0.784. The zero-order valence-electron chi connectivity index (χ0n) is 8.36. The standard InChI is InChI=1S/C11H11NO3/c1-7-6-12-3-2-9(7)11(10(14)15)4-8(13)5-11/h2-3,6H,4-5H2,1H3,(H,14,15). The summed E-state index contributed by atoms with van der Waals surface area (Å²) in [7, 11) is 0. The Balaban J connectivity index is 2.48. The summed E-state index contributed by atoms with van der Waals surface area (Å²) >= 11 is 0. The van der Waals surface area contributed by atoms with Gasteiger partial charge >= 0.3 is 5.97 Å². The highest BCUT2D eigenvalue weighted by Crippen LogP contribution is 2.42.